The Morgan fingerprint density at radius 2 is 2.08 bits per heavy atom. The molecule has 0 aliphatic carbocycles. The first-order chi connectivity index (χ1) is 6.06. The Hall–Kier alpha value is -0.340. The van der Waals surface area contributed by atoms with E-state index in [-0.39, 0.29) is 0 Å². The smallest absolute Gasteiger partial charge is 0.0199 e. The van der Waals surface area contributed by atoms with Gasteiger partial charge < -0.3 is 10.2 Å². The summed E-state index contributed by atoms with van der Waals surface area (Å²) < 4.78 is 0. The van der Waals surface area contributed by atoms with Crippen LogP contribution in [0.1, 0.15) is 20.8 Å². The van der Waals surface area contributed by atoms with Crippen LogP contribution in [0.3, 0.4) is 0 Å². The average Bonchev–Trinajstić information content (AvgIpc) is 1.98. The molecular formula is C11H24N2. The number of nitrogens with one attached hydrogen (secondary N) is 1. The summed E-state index contributed by atoms with van der Waals surface area (Å²) in [5.41, 5.74) is 1.27. The molecule has 0 saturated heterocycles. The quantitative estimate of drug-likeness (QED) is 0.606. The maximum absolute atomic E-state index is 4.04. The highest BCUT2D eigenvalue weighted by Crippen LogP contribution is 1.98. The Bertz CT molecular complexity index is 141. The van der Waals surface area contributed by atoms with Gasteiger partial charge in [0.05, 0.1) is 0 Å². The Kier molecular flexibility index (Phi) is 6.92. The molecule has 0 aliphatic rings. The molecule has 78 valence electrons. The molecule has 1 N–H and O–H groups in total. The van der Waals surface area contributed by atoms with Gasteiger partial charge in [-0.25, -0.2) is 0 Å². The first-order valence-corrected chi connectivity index (χ1v) is 5.12. The van der Waals surface area contributed by atoms with Gasteiger partial charge in [-0.1, -0.05) is 27.4 Å². The van der Waals surface area contributed by atoms with Gasteiger partial charge in [0.1, 0.15) is 0 Å². The standard InChI is InChI=1S/C11H24N2/c1-6-12-7-11(4)9-13(5)8-10(2)3/h10,12H,4,6-9H2,1-3,5H3. The second-order valence-electron chi connectivity index (χ2n) is 4.12. The molecule has 0 amide bonds. The molecule has 0 atom stereocenters. The van der Waals surface area contributed by atoms with E-state index >= 15 is 0 Å². The van der Waals surface area contributed by atoms with Gasteiger partial charge in [-0.3, -0.25) is 0 Å². The fourth-order valence-electron chi connectivity index (χ4n) is 1.43. The summed E-state index contributed by atoms with van der Waals surface area (Å²) in [7, 11) is 2.15. The van der Waals surface area contributed by atoms with E-state index in [4.69, 9.17) is 0 Å². The van der Waals surface area contributed by atoms with Crippen molar-refractivity contribution in [1.82, 2.24) is 10.2 Å². The van der Waals surface area contributed by atoms with E-state index in [1.165, 1.54) is 5.57 Å². The SMILES string of the molecule is C=C(CNCC)CN(C)CC(C)C. The normalized spacial score (nSPS) is 11.2. The molecule has 0 bridgehead atoms. The Morgan fingerprint density at radius 1 is 1.46 bits per heavy atom. The van der Waals surface area contributed by atoms with Crippen molar-refractivity contribution in [2.45, 2.75) is 20.8 Å². The molecule has 0 aromatic carbocycles. The average molecular weight is 184 g/mol. The molecule has 0 heterocycles. The van der Waals surface area contributed by atoms with E-state index in [2.05, 4.69) is 44.6 Å². The van der Waals surface area contributed by atoms with Crippen molar-refractivity contribution in [2.24, 2.45) is 5.92 Å². The van der Waals surface area contributed by atoms with Crippen molar-refractivity contribution in [1.29, 1.82) is 0 Å². The van der Waals surface area contributed by atoms with Crippen LogP contribution in [0.5, 0.6) is 0 Å². The molecule has 2 nitrogen and oxygen atoms in total. The van der Waals surface area contributed by atoms with Crippen molar-refractivity contribution in [3.8, 4) is 0 Å². The van der Waals surface area contributed by atoms with E-state index in [0.717, 1.165) is 32.1 Å². The summed E-state index contributed by atoms with van der Waals surface area (Å²) in [5, 5.41) is 3.28. The van der Waals surface area contributed by atoms with Crippen molar-refractivity contribution >= 4 is 0 Å². The molecular weight excluding hydrogens is 160 g/mol. The molecule has 0 spiro atoms. The molecule has 0 aliphatic heterocycles. The lowest BCUT2D eigenvalue weighted by Crippen LogP contribution is -2.28. The summed E-state index contributed by atoms with van der Waals surface area (Å²) in [5.74, 6) is 0.733. The number of likely N-dealkylation sites (N-methyl/N-ethyl adjacent to an activating group) is 2. The zero-order chi connectivity index (χ0) is 10.3. The second kappa shape index (κ2) is 7.10. The van der Waals surface area contributed by atoms with Gasteiger partial charge in [0.15, 0.2) is 0 Å². The van der Waals surface area contributed by atoms with E-state index in [9.17, 15) is 0 Å². The van der Waals surface area contributed by atoms with Crippen molar-refractivity contribution in [3.63, 3.8) is 0 Å². The van der Waals surface area contributed by atoms with Crippen LogP contribution in [-0.2, 0) is 0 Å². The van der Waals surface area contributed by atoms with Crippen LogP contribution in [0.15, 0.2) is 12.2 Å². The van der Waals surface area contributed by atoms with Crippen LogP contribution >= 0.6 is 0 Å². The number of hydrogen-bond acceptors (Lipinski definition) is 2. The number of rotatable bonds is 7. The van der Waals surface area contributed by atoms with Crippen molar-refractivity contribution in [2.75, 3.05) is 33.2 Å². The summed E-state index contributed by atoms with van der Waals surface area (Å²) in [6.45, 7) is 14.7. The van der Waals surface area contributed by atoms with Crippen LogP contribution in [0.2, 0.25) is 0 Å². The second-order valence-corrected chi connectivity index (χ2v) is 4.12. The monoisotopic (exact) mass is 184 g/mol. The van der Waals surface area contributed by atoms with Crippen molar-refractivity contribution < 1.29 is 0 Å². The topological polar surface area (TPSA) is 15.3 Å². The summed E-state index contributed by atoms with van der Waals surface area (Å²) in [4.78, 5) is 2.32. The van der Waals surface area contributed by atoms with Gasteiger partial charge in [-0.15, -0.1) is 0 Å². The van der Waals surface area contributed by atoms with Gasteiger partial charge in [-0.2, -0.15) is 0 Å². The predicted molar refractivity (Wildman–Crippen MR) is 60.0 cm³/mol. The minimum atomic E-state index is 0.733. The minimum Gasteiger partial charge on any atom is -0.313 e. The lowest BCUT2D eigenvalue weighted by Gasteiger charge is -2.20. The lowest BCUT2D eigenvalue weighted by molar-refractivity contribution is 0.316. The summed E-state index contributed by atoms with van der Waals surface area (Å²) in [6, 6.07) is 0. The Labute approximate surface area is 83.0 Å². The van der Waals surface area contributed by atoms with Crippen LogP contribution in [0.4, 0.5) is 0 Å². The first kappa shape index (κ1) is 12.7. The van der Waals surface area contributed by atoms with Gasteiger partial charge in [0.25, 0.3) is 0 Å². The highest BCUT2D eigenvalue weighted by atomic mass is 15.1. The van der Waals surface area contributed by atoms with Gasteiger partial charge in [0, 0.05) is 19.6 Å². The van der Waals surface area contributed by atoms with E-state index < -0.39 is 0 Å². The zero-order valence-corrected chi connectivity index (χ0v) is 9.56. The fraction of sp³-hybridized carbons (Fsp3) is 0.818. The molecule has 0 unspecified atom stereocenters. The fourth-order valence-corrected chi connectivity index (χ4v) is 1.43. The third-order valence-electron chi connectivity index (χ3n) is 1.80. The predicted octanol–water partition coefficient (Wildman–Crippen LogP) is 1.74. The van der Waals surface area contributed by atoms with Gasteiger partial charge in [0.2, 0.25) is 0 Å². The van der Waals surface area contributed by atoms with E-state index in [1.54, 1.807) is 0 Å². The van der Waals surface area contributed by atoms with Crippen molar-refractivity contribution in [3.05, 3.63) is 12.2 Å². The molecule has 0 radical (unpaired) electrons. The Balaban J connectivity index is 3.53. The molecule has 0 aromatic heterocycles. The molecule has 0 saturated carbocycles. The maximum atomic E-state index is 4.04. The Morgan fingerprint density at radius 3 is 2.54 bits per heavy atom. The highest BCUT2D eigenvalue weighted by Gasteiger charge is 2.02. The van der Waals surface area contributed by atoms with E-state index in [0.29, 0.717) is 0 Å². The molecule has 0 rings (SSSR count). The number of nitrogens with zero attached hydrogens (tertiary/aromatic N) is 1. The first-order valence-electron chi connectivity index (χ1n) is 5.12. The largest absolute Gasteiger partial charge is 0.313 e. The van der Waals surface area contributed by atoms with Gasteiger partial charge >= 0.3 is 0 Å². The number of hydrogen-bond donors (Lipinski definition) is 1. The highest BCUT2D eigenvalue weighted by molar-refractivity contribution is 4.99. The van der Waals surface area contributed by atoms with Crippen LogP contribution in [-0.4, -0.2) is 38.1 Å². The molecule has 0 aromatic rings. The van der Waals surface area contributed by atoms with Gasteiger partial charge in [-0.05, 0) is 25.1 Å². The lowest BCUT2D eigenvalue weighted by atomic mass is 10.2. The van der Waals surface area contributed by atoms with Crippen LogP contribution < -0.4 is 5.32 Å². The third-order valence-corrected chi connectivity index (χ3v) is 1.80. The van der Waals surface area contributed by atoms with E-state index in [1.807, 2.05) is 0 Å². The zero-order valence-electron chi connectivity index (χ0n) is 9.56. The molecule has 0 fully saturated rings. The molecule has 2 heteroatoms. The molecule has 13 heavy (non-hydrogen) atoms. The minimum absolute atomic E-state index is 0.733. The summed E-state index contributed by atoms with van der Waals surface area (Å²) >= 11 is 0. The summed E-state index contributed by atoms with van der Waals surface area (Å²) in [6.07, 6.45) is 0. The van der Waals surface area contributed by atoms with Crippen LogP contribution in [0.25, 0.3) is 0 Å². The van der Waals surface area contributed by atoms with Crippen LogP contribution in [0, 0.1) is 5.92 Å². The maximum Gasteiger partial charge on any atom is 0.0199 e. The third kappa shape index (κ3) is 8.00.